The quantitative estimate of drug-likeness (QED) is 0.0547. The van der Waals surface area contributed by atoms with Crippen LogP contribution < -0.4 is 38.9 Å². The zero-order valence-corrected chi connectivity index (χ0v) is 21.6. The molecule has 0 saturated heterocycles. The highest BCUT2D eigenvalue weighted by molar-refractivity contribution is 5.95. The number of aliphatic hydroxyl groups excluding tert-OH is 1. The minimum absolute atomic E-state index is 0.0963. The topological polar surface area (TPSA) is 294 Å². The molecule has 40 heavy (non-hydrogen) atoms. The molecule has 2 rings (SSSR count). The Morgan fingerprint density at radius 1 is 0.925 bits per heavy atom. The summed E-state index contributed by atoms with van der Waals surface area (Å²) in [4.78, 5) is 68.3. The maximum Gasteiger partial charge on any atom is 0.326 e. The molecule has 1 aromatic heterocycles. The van der Waals surface area contributed by atoms with Gasteiger partial charge in [0.1, 0.15) is 18.1 Å². The van der Waals surface area contributed by atoms with E-state index < -0.39 is 66.8 Å². The van der Waals surface area contributed by atoms with E-state index in [1.165, 1.54) is 0 Å². The Kier molecular flexibility index (Phi) is 11.8. The number of nitrogens with zero attached hydrogens (tertiary/aromatic N) is 1. The maximum absolute atomic E-state index is 13.1. The van der Waals surface area contributed by atoms with E-state index in [1.807, 2.05) is 0 Å². The molecular weight excluding hydrogens is 526 g/mol. The van der Waals surface area contributed by atoms with Crippen LogP contribution in [0.5, 0.6) is 0 Å². The summed E-state index contributed by atoms with van der Waals surface area (Å²) < 4.78 is 0. The molecular formula is C24H35N9O7. The average molecular weight is 562 g/mol. The summed E-state index contributed by atoms with van der Waals surface area (Å²) in [5.74, 6) is -5.15. The standard InChI is InChI=1S/C24H35N9O7/c25-14(5-3-7-29-24(27)28)20(36)33-18(11-34)22(38)31-16(21(37)32-17(23(39)40)9-19(26)35)8-12-10-30-15-6-2-1-4-13(12)15/h1-2,4,6,10,14,16-18,30,34H,3,5,7-9,11,25H2,(H2,26,35)(H,31,38)(H,32,37)(H,33,36)(H,39,40)(H4,27,28,29). The van der Waals surface area contributed by atoms with Crippen molar-refractivity contribution in [2.24, 2.45) is 27.9 Å². The number of aliphatic hydroxyl groups is 1. The normalized spacial score (nSPS) is 13.8. The van der Waals surface area contributed by atoms with Crippen LogP contribution in [-0.2, 0) is 30.4 Å². The van der Waals surface area contributed by atoms with Gasteiger partial charge in [-0.3, -0.25) is 24.2 Å². The molecule has 1 heterocycles. The Morgan fingerprint density at radius 2 is 1.55 bits per heavy atom. The lowest BCUT2D eigenvalue weighted by atomic mass is 10.0. The minimum Gasteiger partial charge on any atom is -0.480 e. The van der Waals surface area contributed by atoms with Crippen molar-refractivity contribution in [2.45, 2.75) is 49.9 Å². The third-order valence-electron chi connectivity index (χ3n) is 5.87. The number of hydrogen-bond acceptors (Lipinski definition) is 8. The van der Waals surface area contributed by atoms with Crippen molar-refractivity contribution in [1.29, 1.82) is 0 Å². The fraction of sp³-hybridized carbons (Fsp3) is 0.417. The minimum atomic E-state index is -1.64. The summed E-state index contributed by atoms with van der Waals surface area (Å²) in [6.07, 6.45) is 1.42. The van der Waals surface area contributed by atoms with E-state index in [-0.39, 0.29) is 25.3 Å². The number of aliphatic imine (C=N–C) groups is 1. The van der Waals surface area contributed by atoms with Crippen LogP contribution in [0.25, 0.3) is 10.9 Å². The van der Waals surface area contributed by atoms with E-state index >= 15 is 0 Å². The summed E-state index contributed by atoms with van der Waals surface area (Å²) in [6.45, 7) is -0.579. The van der Waals surface area contributed by atoms with Gasteiger partial charge >= 0.3 is 5.97 Å². The van der Waals surface area contributed by atoms with Crippen molar-refractivity contribution in [1.82, 2.24) is 20.9 Å². The number of fused-ring (bicyclic) bond motifs is 1. The van der Waals surface area contributed by atoms with E-state index in [9.17, 15) is 34.2 Å². The molecule has 16 heteroatoms. The average Bonchev–Trinajstić information content (AvgIpc) is 3.30. The van der Waals surface area contributed by atoms with Gasteiger partial charge in [-0.1, -0.05) is 18.2 Å². The van der Waals surface area contributed by atoms with Crippen LogP contribution in [0.4, 0.5) is 0 Å². The van der Waals surface area contributed by atoms with E-state index in [2.05, 4.69) is 25.9 Å². The van der Waals surface area contributed by atoms with Crippen LogP contribution in [0.15, 0.2) is 35.5 Å². The van der Waals surface area contributed by atoms with E-state index in [1.54, 1.807) is 30.5 Å². The number of nitrogens with one attached hydrogen (secondary N) is 4. The largest absolute Gasteiger partial charge is 0.480 e. The first-order valence-electron chi connectivity index (χ1n) is 12.3. The van der Waals surface area contributed by atoms with Gasteiger partial charge in [0.15, 0.2) is 5.96 Å². The molecule has 2 aromatic rings. The highest BCUT2D eigenvalue weighted by Gasteiger charge is 2.31. The number of carbonyl (C=O) groups excluding carboxylic acids is 4. The summed E-state index contributed by atoms with van der Waals surface area (Å²) in [5.41, 5.74) is 22.8. The van der Waals surface area contributed by atoms with E-state index in [0.717, 1.165) is 10.9 Å². The number of hydrogen-bond donors (Lipinski definition) is 10. The molecule has 0 aliphatic rings. The van der Waals surface area contributed by atoms with Crippen molar-refractivity contribution in [2.75, 3.05) is 13.2 Å². The van der Waals surface area contributed by atoms with Crippen molar-refractivity contribution < 1.29 is 34.2 Å². The molecule has 0 bridgehead atoms. The zero-order chi connectivity index (χ0) is 29.8. The molecule has 218 valence electrons. The lowest BCUT2D eigenvalue weighted by Gasteiger charge is -2.24. The molecule has 4 atom stereocenters. The second-order valence-corrected chi connectivity index (χ2v) is 8.99. The van der Waals surface area contributed by atoms with Gasteiger partial charge in [0, 0.05) is 30.1 Å². The Labute approximate surface area is 228 Å². The molecule has 1 aromatic carbocycles. The number of carbonyl (C=O) groups is 5. The van der Waals surface area contributed by atoms with Gasteiger partial charge in [0.2, 0.25) is 23.6 Å². The lowest BCUT2D eigenvalue weighted by Crippen LogP contribution is -2.58. The van der Waals surface area contributed by atoms with Crippen molar-refractivity contribution in [3.05, 3.63) is 36.0 Å². The van der Waals surface area contributed by atoms with Gasteiger partial charge in [0.05, 0.1) is 19.1 Å². The number of rotatable bonds is 16. The maximum atomic E-state index is 13.1. The van der Waals surface area contributed by atoms with Gasteiger partial charge in [0.25, 0.3) is 0 Å². The molecule has 0 aliphatic carbocycles. The van der Waals surface area contributed by atoms with Crippen LogP contribution in [0, 0.1) is 0 Å². The molecule has 16 nitrogen and oxygen atoms in total. The number of aromatic amines is 1. The smallest absolute Gasteiger partial charge is 0.326 e. The first-order valence-corrected chi connectivity index (χ1v) is 12.3. The number of para-hydroxylation sites is 1. The van der Waals surface area contributed by atoms with Gasteiger partial charge < -0.3 is 54.1 Å². The van der Waals surface area contributed by atoms with Gasteiger partial charge in [-0.05, 0) is 24.5 Å². The van der Waals surface area contributed by atoms with Gasteiger partial charge in [-0.2, -0.15) is 0 Å². The molecule has 0 aliphatic heterocycles. The van der Waals surface area contributed by atoms with Gasteiger partial charge in [-0.15, -0.1) is 0 Å². The molecule has 4 amide bonds. The fourth-order valence-electron chi connectivity index (χ4n) is 3.80. The molecule has 0 fully saturated rings. The summed E-state index contributed by atoms with van der Waals surface area (Å²) >= 11 is 0. The number of aromatic nitrogens is 1. The summed E-state index contributed by atoms with van der Waals surface area (Å²) in [7, 11) is 0. The zero-order valence-electron chi connectivity index (χ0n) is 21.6. The van der Waals surface area contributed by atoms with Crippen LogP contribution in [0.2, 0.25) is 0 Å². The van der Waals surface area contributed by atoms with E-state index in [4.69, 9.17) is 22.9 Å². The Bertz CT molecular complexity index is 1240. The predicted octanol–water partition coefficient (Wildman–Crippen LogP) is -3.50. The first kappa shape index (κ1) is 31.5. The fourth-order valence-corrected chi connectivity index (χ4v) is 3.80. The highest BCUT2D eigenvalue weighted by Crippen LogP contribution is 2.19. The van der Waals surface area contributed by atoms with Crippen LogP contribution in [-0.4, -0.2) is 88.1 Å². The number of guanidine groups is 1. The third-order valence-corrected chi connectivity index (χ3v) is 5.87. The Morgan fingerprint density at radius 3 is 2.17 bits per heavy atom. The molecule has 0 spiro atoms. The number of benzene rings is 1. The highest BCUT2D eigenvalue weighted by atomic mass is 16.4. The molecule has 0 radical (unpaired) electrons. The molecule has 4 unspecified atom stereocenters. The summed E-state index contributed by atoms with van der Waals surface area (Å²) in [6, 6.07) is 1.66. The van der Waals surface area contributed by atoms with Crippen molar-refractivity contribution >= 4 is 46.5 Å². The lowest BCUT2D eigenvalue weighted by molar-refractivity contribution is -0.143. The van der Waals surface area contributed by atoms with Crippen LogP contribution in [0.1, 0.15) is 24.8 Å². The Balaban J connectivity index is 2.18. The van der Waals surface area contributed by atoms with Crippen molar-refractivity contribution in [3.63, 3.8) is 0 Å². The number of aliphatic carboxylic acids is 1. The number of H-pyrrole nitrogens is 1. The third kappa shape index (κ3) is 9.55. The first-order chi connectivity index (χ1) is 18.9. The number of carboxylic acids is 1. The Hall–Kier alpha value is -4.70. The van der Waals surface area contributed by atoms with E-state index in [0.29, 0.717) is 12.0 Å². The van der Waals surface area contributed by atoms with Crippen LogP contribution >= 0.6 is 0 Å². The SMILES string of the molecule is NC(=O)CC(NC(=O)C(Cc1c[nH]c2ccccc12)NC(=O)C(CO)NC(=O)C(N)CCCN=C(N)N)C(=O)O. The number of nitrogens with two attached hydrogens (primary N) is 4. The summed E-state index contributed by atoms with van der Waals surface area (Å²) in [5, 5.41) is 26.9. The van der Waals surface area contributed by atoms with Crippen molar-refractivity contribution in [3.8, 4) is 0 Å². The second kappa shape index (κ2) is 15.0. The monoisotopic (exact) mass is 561 g/mol. The van der Waals surface area contributed by atoms with Crippen LogP contribution in [0.3, 0.4) is 0 Å². The number of carboxylic acid groups (broad SMARTS) is 1. The molecule has 14 N–H and O–H groups in total. The second-order valence-electron chi connectivity index (χ2n) is 8.99. The number of primary amides is 1. The number of amides is 4. The van der Waals surface area contributed by atoms with Gasteiger partial charge in [-0.25, -0.2) is 4.79 Å². The predicted molar refractivity (Wildman–Crippen MR) is 144 cm³/mol. The molecule has 0 saturated carbocycles.